The molecule has 1 aromatic rings. The summed E-state index contributed by atoms with van der Waals surface area (Å²) < 4.78 is 1.01. The number of rotatable bonds is 6. The molecule has 1 amide bonds. The van der Waals surface area contributed by atoms with Crippen LogP contribution in [0.5, 0.6) is 0 Å². The zero-order chi connectivity index (χ0) is 13.5. The van der Waals surface area contributed by atoms with Gasteiger partial charge in [0.15, 0.2) is 0 Å². The Kier molecular flexibility index (Phi) is 6.75. The van der Waals surface area contributed by atoms with Crippen molar-refractivity contribution >= 4 is 33.6 Å². The minimum absolute atomic E-state index is 0.0321. The molecule has 0 radical (unpaired) electrons. The first-order chi connectivity index (χ1) is 8.54. The normalized spacial score (nSPS) is 14.0. The Morgan fingerprint density at radius 3 is 2.89 bits per heavy atom. The van der Waals surface area contributed by atoms with Crippen molar-refractivity contribution < 1.29 is 4.79 Å². The Morgan fingerprint density at radius 2 is 2.28 bits per heavy atom. The number of nitrogens with one attached hydrogen (secondary N) is 1. The summed E-state index contributed by atoms with van der Waals surface area (Å²) in [5.74, 6) is 0.816. The van der Waals surface area contributed by atoms with Crippen LogP contribution in [0.2, 0.25) is 0 Å². The minimum atomic E-state index is -0.424. The maximum Gasteiger partial charge on any atom is 0.237 e. The molecule has 3 nitrogen and oxygen atoms in total. The molecule has 0 aliphatic heterocycles. The number of carbonyl (C=O) groups excluding carboxylic acids is 1. The van der Waals surface area contributed by atoms with Crippen molar-refractivity contribution in [2.24, 2.45) is 5.73 Å². The molecule has 0 aliphatic carbocycles. The van der Waals surface area contributed by atoms with Crippen molar-refractivity contribution in [2.45, 2.75) is 25.4 Å². The van der Waals surface area contributed by atoms with Crippen molar-refractivity contribution in [3.63, 3.8) is 0 Å². The van der Waals surface area contributed by atoms with Crippen molar-refractivity contribution in [1.82, 2.24) is 5.32 Å². The smallest absolute Gasteiger partial charge is 0.237 e. The molecule has 0 heterocycles. The first-order valence-corrected chi connectivity index (χ1v) is 8.03. The van der Waals surface area contributed by atoms with Crippen LogP contribution < -0.4 is 11.1 Å². The summed E-state index contributed by atoms with van der Waals surface area (Å²) in [6.45, 7) is 1.96. The van der Waals surface area contributed by atoms with E-state index in [4.69, 9.17) is 5.73 Å². The van der Waals surface area contributed by atoms with Gasteiger partial charge in [-0.15, -0.1) is 0 Å². The second-order valence-electron chi connectivity index (χ2n) is 4.17. The molecule has 3 N–H and O–H groups in total. The van der Waals surface area contributed by atoms with Gasteiger partial charge in [0.25, 0.3) is 0 Å². The van der Waals surface area contributed by atoms with Gasteiger partial charge < -0.3 is 11.1 Å². The highest BCUT2D eigenvalue weighted by Gasteiger charge is 2.16. The van der Waals surface area contributed by atoms with Gasteiger partial charge in [0.2, 0.25) is 5.91 Å². The molecule has 5 heteroatoms. The van der Waals surface area contributed by atoms with Crippen molar-refractivity contribution in [3.05, 3.63) is 34.3 Å². The minimum Gasteiger partial charge on any atom is -0.348 e. The Bertz CT molecular complexity index is 400. The number of benzene rings is 1. The number of hydrogen-bond donors (Lipinski definition) is 2. The van der Waals surface area contributed by atoms with E-state index in [-0.39, 0.29) is 11.9 Å². The van der Waals surface area contributed by atoms with Gasteiger partial charge in [0.1, 0.15) is 0 Å². The van der Waals surface area contributed by atoms with Crippen LogP contribution in [0.15, 0.2) is 28.7 Å². The number of thioether (sulfide) groups is 1. The van der Waals surface area contributed by atoms with Gasteiger partial charge in [-0.05, 0) is 43.0 Å². The van der Waals surface area contributed by atoms with E-state index in [2.05, 4.69) is 21.2 Å². The second-order valence-corrected chi connectivity index (χ2v) is 6.07. The standard InChI is InChI=1S/C13H19BrN2OS/c1-9(10-4-3-5-11(14)8-10)16-13(17)12(15)6-7-18-2/h3-5,8-9,12H,6-7,15H2,1-2H3,(H,16,17)/t9-,12+/m0/s1. The van der Waals surface area contributed by atoms with Crippen molar-refractivity contribution in [3.8, 4) is 0 Å². The third-order valence-corrected chi connectivity index (χ3v) is 3.81. The van der Waals surface area contributed by atoms with Crippen molar-refractivity contribution in [1.29, 1.82) is 0 Å². The van der Waals surface area contributed by atoms with Gasteiger partial charge in [-0.3, -0.25) is 4.79 Å². The van der Waals surface area contributed by atoms with Gasteiger partial charge in [-0.25, -0.2) is 0 Å². The Balaban J connectivity index is 2.54. The molecule has 1 rings (SSSR count). The number of halogens is 1. The summed E-state index contributed by atoms with van der Waals surface area (Å²) in [6.07, 6.45) is 2.72. The molecule has 2 atom stereocenters. The van der Waals surface area contributed by atoms with E-state index in [1.165, 1.54) is 0 Å². The molecule has 0 unspecified atom stereocenters. The molecule has 18 heavy (non-hydrogen) atoms. The van der Waals surface area contributed by atoms with Crippen LogP contribution in [0.1, 0.15) is 24.9 Å². The first kappa shape index (κ1) is 15.5. The largest absolute Gasteiger partial charge is 0.348 e. The molecule has 0 saturated carbocycles. The molecule has 0 bridgehead atoms. The monoisotopic (exact) mass is 330 g/mol. The average Bonchev–Trinajstić information content (AvgIpc) is 2.35. The summed E-state index contributed by atoms with van der Waals surface area (Å²) >= 11 is 5.12. The third-order valence-electron chi connectivity index (χ3n) is 2.68. The van der Waals surface area contributed by atoms with E-state index < -0.39 is 6.04 Å². The molecule has 0 aromatic heterocycles. The molecular weight excluding hydrogens is 312 g/mol. The zero-order valence-electron chi connectivity index (χ0n) is 10.7. The topological polar surface area (TPSA) is 55.1 Å². The lowest BCUT2D eigenvalue weighted by Gasteiger charge is -2.18. The van der Waals surface area contributed by atoms with Crippen LogP contribution in [-0.2, 0) is 4.79 Å². The SMILES string of the molecule is CSCC[C@@H](N)C(=O)N[C@@H](C)c1cccc(Br)c1. The van der Waals surface area contributed by atoms with E-state index in [0.29, 0.717) is 6.42 Å². The molecule has 1 aromatic carbocycles. The van der Waals surface area contributed by atoms with E-state index in [1.807, 2.05) is 37.4 Å². The molecule has 0 aliphatic rings. The quantitative estimate of drug-likeness (QED) is 0.843. The predicted molar refractivity (Wildman–Crippen MR) is 81.7 cm³/mol. The lowest BCUT2D eigenvalue weighted by Crippen LogP contribution is -2.41. The van der Waals surface area contributed by atoms with Gasteiger partial charge in [0, 0.05) is 4.47 Å². The molecule has 100 valence electrons. The zero-order valence-corrected chi connectivity index (χ0v) is 13.1. The highest BCUT2D eigenvalue weighted by Crippen LogP contribution is 2.17. The highest BCUT2D eigenvalue weighted by atomic mass is 79.9. The summed E-state index contributed by atoms with van der Waals surface area (Å²) in [6, 6.07) is 7.45. The maximum atomic E-state index is 11.9. The number of carbonyl (C=O) groups is 1. The lowest BCUT2D eigenvalue weighted by atomic mass is 10.1. The lowest BCUT2D eigenvalue weighted by molar-refractivity contribution is -0.123. The van der Waals surface area contributed by atoms with Crippen LogP contribution >= 0.6 is 27.7 Å². The Morgan fingerprint density at radius 1 is 1.56 bits per heavy atom. The number of hydrogen-bond acceptors (Lipinski definition) is 3. The third kappa shape index (κ3) is 5.00. The predicted octanol–water partition coefficient (Wildman–Crippen LogP) is 2.71. The molecule has 0 spiro atoms. The van der Waals surface area contributed by atoms with E-state index in [0.717, 1.165) is 15.8 Å². The molecule has 0 fully saturated rings. The molecule has 0 saturated heterocycles. The van der Waals surface area contributed by atoms with Crippen LogP contribution in [0.25, 0.3) is 0 Å². The van der Waals surface area contributed by atoms with E-state index >= 15 is 0 Å². The van der Waals surface area contributed by atoms with Gasteiger partial charge in [0.05, 0.1) is 12.1 Å². The summed E-state index contributed by atoms with van der Waals surface area (Å²) in [4.78, 5) is 11.9. The van der Waals surface area contributed by atoms with Crippen LogP contribution in [0.3, 0.4) is 0 Å². The summed E-state index contributed by atoms with van der Waals surface area (Å²) in [5, 5.41) is 2.94. The van der Waals surface area contributed by atoms with Crippen LogP contribution in [0.4, 0.5) is 0 Å². The van der Waals surface area contributed by atoms with E-state index in [1.54, 1.807) is 11.8 Å². The van der Waals surface area contributed by atoms with Gasteiger partial charge >= 0.3 is 0 Å². The van der Waals surface area contributed by atoms with E-state index in [9.17, 15) is 4.79 Å². The first-order valence-electron chi connectivity index (χ1n) is 5.85. The average molecular weight is 331 g/mol. The van der Waals surface area contributed by atoms with Crippen LogP contribution in [-0.4, -0.2) is 24.0 Å². The summed E-state index contributed by atoms with van der Waals surface area (Å²) in [5.41, 5.74) is 6.89. The highest BCUT2D eigenvalue weighted by molar-refractivity contribution is 9.10. The number of nitrogens with two attached hydrogens (primary N) is 1. The summed E-state index contributed by atoms with van der Waals surface area (Å²) in [7, 11) is 0. The fourth-order valence-electron chi connectivity index (χ4n) is 1.56. The Hall–Kier alpha value is -0.520. The fourth-order valence-corrected chi connectivity index (χ4v) is 2.46. The second kappa shape index (κ2) is 7.81. The van der Waals surface area contributed by atoms with Crippen molar-refractivity contribution in [2.75, 3.05) is 12.0 Å². The fraction of sp³-hybridized carbons (Fsp3) is 0.462. The molecular formula is C13H19BrN2OS. The maximum absolute atomic E-state index is 11.9. The van der Waals surface area contributed by atoms with Gasteiger partial charge in [-0.1, -0.05) is 28.1 Å². The number of amides is 1. The van der Waals surface area contributed by atoms with Crippen LogP contribution in [0, 0.1) is 0 Å². The Labute approximate surface area is 121 Å². The van der Waals surface area contributed by atoms with Gasteiger partial charge in [-0.2, -0.15) is 11.8 Å².